The van der Waals surface area contributed by atoms with Crippen LogP contribution in [-0.4, -0.2) is 19.4 Å². The van der Waals surface area contributed by atoms with Crippen LogP contribution in [0.25, 0.3) is 0 Å². The van der Waals surface area contributed by atoms with Crippen LogP contribution in [0.15, 0.2) is 12.3 Å². The molecule has 7 heteroatoms. The molecule has 1 heterocycles. The van der Waals surface area contributed by atoms with Crippen LogP contribution in [0.2, 0.25) is 0 Å². The van der Waals surface area contributed by atoms with Gasteiger partial charge in [-0.2, -0.15) is 4.39 Å². The predicted molar refractivity (Wildman–Crippen MR) is 42.8 cm³/mol. The molecule has 1 rings (SSSR count). The molecular weight excluding hydrogens is 219 g/mol. The fourth-order valence-electron chi connectivity index (χ4n) is 0.832. The van der Waals surface area contributed by atoms with Gasteiger partial charge in [-0.25, -0.2) is 22.2 Å². The second kappa shape index (κ2) is 3.95. The summed E-state index contributed by atoms with van der Waals surface area (Å²) in [5.74, 6) is -3.30. The zero-order chi connectivity index (χ0) is 10.8. The van der Waals surface area contributed by atoms with Crippen molar-refractivity contribution in [1.82, 2.24) is 4.98 Å². The maximum absolute atomic E-state index is 12.9. The standard InChI is InChI=1S/C7H6F3NO2S/c8-4-14(12,13)3-5-6(9)1-2-11-7(5)10/h1-2H,3-4H2. The SMILES string of the molecule is O=S(=O)(CF)Cc1c(F)ccnc1F. The molecule has 1 aromatic heterocycles. The lowest BCUT2D eigenvalue weighted by molar-refractivity contribution is 0.516. The van der Waals surface area contributed by atoms with Crippen LogP contribution in [0.5, 0.6) is 0 Å². The van der Waals surface area contributed by atoms with Gasteiger partial charge in [-0.3, -0.25) is 0 Å². The molecule has 0 atom stereocenters. The van der Waals surface area contributed by atoms with E-state index < -0.39 is 38.9 Å². The van der Waals surface area contributed by atoms with Crippen LogP contribution in [0.1, 0.15) is 5.56 Å². The Balaban J connectivity index is 3.09. The summed E-state index contributed by atoms with van der Waals surface area (Å²) < 4.78 is 59.0. The molecule has 78 valence electrons. The van der Waals surface area contributed by atoms with Crippen LogP contribution >= 0.6 is 0 Å². The highest BCUT2D eigenvalue weighted by Crippen LogP contribution is 2.13. The topological polar surface area (TPSA) is 47.0 Å². The first-order chi connectivity index (χ1) is 6.46. The Kier molecular flexibility index (Phi) is 3.10. The average Bonchev–Trinajstić information content (AvgIpc) is 2.12. The van der Waals surface area contributed by atoms with Gasteiger partial charge in [0.2, 0.25) is 5.95 Å². The zero-order valence-corrected chi connectivity index (χ0v) is 7.69. The lowest BCUT2D eigenvalue weighted by Crippen LogP contribution is -2.09. The van der Waals surface area contributed by atoms with Crippen LogP contribution in [0.4, 0.5) is 13.2 Å². The van der Waals surface area contributed by atoms with E-state index in [0.717, 1.165) is 12.3 Å². The first-order valence-corrected chi connectivity index (χ1v) is 5.33. The molecule has 0 N–H and O–H groups in total. The van der Waals surface area contributed by atoms with Crippen molar-refractivity contribution in [2.45, 2.75) is 5.75 Å². The molecule has 0 bridgehead atoms. The molecule has 0 amide bonds. The van der Waals surface area contributed by atoms with Gasteiger partial charge in [0, 0.05) is 6.20 Å². The number of sulfone groups is 1. The van der Waals surface area contributed by atoms with E-state index in [1.807, 2.05) is 0 Å². The Morgan fingerprint density at radius 1 is 1.36 bits per heavy atom. The Hall–Kier alpha value is -1.11. The maximum Gasteiger partial charge on any atom is 0.220 e. The third-order valence-electron chi connectivity index (χ3n) is 1.48. The molecule has 0 unspecified atom stereocenters. The van der Waals surface area contributed by atoms with Gasteiger partial charge in [-0.15, -0.1) is 0 Å². The van der Waals surface area contributed by atoms with Gasteiger partial charge in [0.05, 0.1) is 11.3 Å². The molecule has 0 radical (unpaired) electrons. The number of rotatable bonds is 3. The van der Waals surface area contributed by atoms with E-state index in [9.17, 15) is 21.6 Å². The summed E-state index contributed by atoms with van der Waals surface area (Å²) in [4.78, 5) is 3.06. The van der Waals surface area contributed by atoms with Gasteiger partial charge in [0.1, 0.15) is 5.82 Å². The predicted octanol–water partition coefficient (Wildman–Crippen LogP) is 1.20. The van der Waals surface area contributed by atoms with Crippen LogP contribution in [0, 0.1) is 11.8 Å². The number of aromatic nitrogens is 1. The third kappa shape index (κ3) is 2.44. The molecule has 0 saturated heterocycles. The minimum Gasteiger partial charge on any atom is -0.234 e. The van der Waals surface area contributed by atoms with Crippen LogP contribution in [0.3, 0.4) is 0 Å². The lowest BCUT2D eigenvalue weighted by Gasteiger charge is -2.02. The Bertz CT molecular complexity index is 412. The molecule has 14 heavy (non-hydrogen) atoms. The Morgan fingerprint density at radius 3 is 2.50 bits per heavy atom. The van der Waals surface area contributed by atoms with Crippen molar-refractivity contribution >= 4 is 9.84 Å². The summed E-state index contributed by atoms with van der Waals surface area (Å²) in [5, 5.41) is 0. The molecule has 0 aromatic carbocycles. The van der Waals surface area contributed by atoms with Gasteiger partial charge >= 0.3 is 0 Å². The lowest BCUT2D eigenvalue weighted by atomic mass is 10.3. The number of nitrogens with zero attached hydrogens (tertiary/aromatic N) is 1. The number of pyridine rings is 1. The summed E-state index contributed by atoms with van der Waals surface area (Å²) in [5.41, 5.74) is -0.731. The Labute approximate surface area is 78.5 Å². The van der Waals surface area contributed by atoms with Crippen LogP contribution in [-0.2, 0) is 15.6 Å². The quantitative estimate of drug-likeness (QED) is 0.726. The zero-order valence-electron chi connectivity index (χ0n) is 6.87. The molecule has 1 aromatic rings. The van der Waals surface area contributed by atoms with E-state index in [2.05, 4.69) is 4.98 Å². The van der Waals surface area contributed by atoms with Gasteiger partial charge in [-0.1, -0.05) is 0 Å². The van der Waals surface area contributed by atoms with Gasteiger partial charge in [0.25, 0.3) is 0 Å². The number of alkyl halides is 1. The van der Waals surface area contributed by atoms with E-state index in [4.69, 9.17) is 0 Å². The molecule has 0 fully saturated rings. The van der Waals surface area contributed by atoms with E-state index >= 15 is 0 Å². The fraction of sp³-hybridized carbons (Fsp3) is 0.286. The largest absolute Gasteiger partial charge is 0.234 e. The second-order valence-electron chi connectivity index (χ2n) is 2.56. The van der Waals surface area contributed by atoms with Crippen molar-refractivity contribution in [3.05, 3.63) is 29.6 Å². The van der Waals surface area contributed by atoms with Crippen molar-refractivity contribution in [3.63, 3.8) is 0 Å². The molecule has 0 aliphatic rings. The monoisotopic (exact) mass is 225 g/mol. The van der Waals surface area contributed by atoms with Gasteiger partial charge in [-0.05, 0) is 6.07 Å². The molecule has 0 saturated carbocycles. The number of hydrogen-bond acceptors (Lipinski definition) is 3. The minimum absolute atomic E-state index is 0.731. The highest BCUT2D eigenvalue weighted by molar-refractivity contribution is 7.90. The van der Waals surface area contributed by atoms with Gasteiger partial charge < -0.3 is 0 Å². The molecule has 0 aliphatic carbocycles. The van der Waals surface area contributed by atoms with Crippen molar-refractivity contribution in [2.24, 2.45) is 0 Å². The van der Waals surface area contributed by atoms with E-state index in [0.29, 0.717) is 0 Å². The number of hydrogen-bond donors (Lipinski definition) is 0. The highest BCUT2D eigenvalue weighted by Gasteiger charge is 2.18. The summed E-state index contributed by atoms with van der Waals surface area (Å²) in [6.07, 6.45) is 0.857. The highest BCUT2D eigenvalue weighted by atomic mass is 32.2. The van der Waals surface area contributed by atoms with E-state index in [1.54, 1.807) is 0 Å². The van der Waals surface area contributed by atoms with E-state index in [-0.39, 0.29) is 0 Å². The summed E-state index contributed by atoms with van der Waals surface area (Å²) in [6, 6.07) is -0.840. The first-order valence-electron chi connectivity index (χ1n) is 3.51. The average molecular weight is 225 g/mol. The number of halogens is 3. The minimum atomic E-state index is -4.10. The van der Waals surface area contributed by atoms with Crippen LogP contribution < -0.4 is 0 Å². The Morgan fingerprint density at radius 2 is 2.00 bits per heavy atom. The van der Waals surface area contributed by atoms with Crippen molar-refractivity contribution in [1.29, 1.82) is 0 Å². The normalized spacial score (nSPS) is 11.6. The summed E-state index contributed by atoms with van der Waals surface area (Å²) in [7, 11) is -4.10. The smallest absolute Gasteiger partial charge is 0.220 e. The molecule has 3 nitrogen and oxygen atoms in total. The summed E-state index contributed by atoms with van der Waals surface area (Å²) >= 11 is 0. The fourth-order valence-corrected chi connectivity index (χ4v) is 1.61. The van der Waals surface area contributed by atoms with Crippen molar-refractivity contribution < 1.29 is 21.6 Å². The second-order valence-corrected chi connectivity index (χ2v) is 4.55. The molecular formula is C7H6F3NO2S. The van der Waals surface area contributed by atoms with E-state index in [1.165, 1.54) is 0 Å². The summed E-state index contributed by atoms with van der Waals surface area (Å²) in [6.45, 7) is 0. The van der Waals surface area contributed by atoms with Crippen molar-refractivity contribution in [3.8, 4) is 0 Å². The van der Waals surface area contributed by atoms with Crippen molar-refractivity contribution in [2.75, 3.05) is 6.01 Å². The molecule has 0 aliphatic heterocycles. The van der Waals surface area contributed by atoms with Gasteiger partial charge in [0.15, 0.2) is 15.8 Å². The molecule has 0 spiro atoms. The third-order valence-corrected chi connectivity index (χ3v) is 2.54. The first kappa shape index (κ1) is 11.0. The maximum atomic E-state index is 12.9.